The fraction of sp³-hybridized carbons (Fsp3) is 0.941. The minimum atomic E-state index is -4.58. The summed E-state index contributed by atoms with van der Waals surface area (Å²) in [6.07, 6.45) is 12.7. The van der Waals surface area contributed by atoms with E-state index in [0.29, 0.717) is 6.42 Å². The molecule has 0 heterocycles. The third-order valence-electron chi connectivity index (χ3n) is 4.47. The molecule has 0 saturated heterocycles. The first-order valence-electron chi connectivity index (χ1n) is 8.90. The molecule has 0 fully saturated rings. The van der Waals surface area contributed by atoms with Crippen molar-refractivity contribution in [2.45, 2.75) is 95.6 Å². The molecular formula is C17H37NO5S. The molecule has 0 radical (unpaired) electrons. The van der Waals surface area contributed by atoms with Crippen molar-refractivity contribution in [2.75, 3.05) is 6.61 Å². The zero-order valence-electron chi connectivity index (χ0n) is 15.4. The van der Waals surface area contributed by atoms with Crippen LogP contribution >= 0.6 is 0 Å². The largest absolute Gasteiger partial charge is 0.394 e. The Hall–Kier alpha value is -0.500. The second-order valence-corrected chi connectivity index (χ2v) is 8.42. The summed E-state index contributed by atoms with van der Waals surface area (Å²) in [5.74, 6) is -0.613. The quantitative estimate of drug-likeness (QED) is 0.296. The highest BCUT2D eigenvalue weighted by atomic mass is 32.2. The molecule has 0 spiro atoms. The van der Waals surface area contributed by atoms with E-state index in [1.165, 1.54) is 44.9 Å². The van der Waals surface area contributed by atoms with Crippen LogP contribution in [0.25, 0.3) is 0 Å². The summed E-state index contributed by atoms with van der Waals surface area (Å²) in [7, 11) is -4.58. The Morgan fingerprint density at radius 2 is 1.25 bits per heavy atom. The van der Waals surface area contributed by atoms with Gasteiger partial charge in [0, 0.05) is 6.42 Å². The van der Waals surface area contributed by atoms with Gasteiger partial charge in [0.05, 0.1) is 6.61 Å². The molecule has 0 aliphatic carbocycles. The lowest BCUT2D eigenvalue weighted by Crippen LogP contribution is -2.46. The van der Waals surface area contributed by atoms with Gasteiger partial charge in [0.2, 0.25) is 0 Å². The van der Waals surface area contributed by atoms with Gasteiger partial charge in [-0.2, -0.15) is 8.42 Å². The number of ketones is 1. The molecule has 1 unspecified atom stereocenters. The van der Waals surface area contributed by atoms with Crippen molar-refractivity contribution in [3.63, 3.8) is 0 Å². The maximum Gasteiger partial charge on any atom is 0.279 e. The van der Waals surface area contributed by atoms with Crippen molar-refractivity contribution in [3.8, 4) is 0 Å². The predicted molar refractivity (Wildman–Crippen MR) is 98.1 cm³/mol. The van der Waals surface area contributed by atoms with Crippen molar-refractivity contribution < 1.29 is 22.9 Å². The maximum absolute atomic E-state index is 11.9. The van der Waals surface area contributed by atoms with Gasteiger partial charge in [0.25, 0.3) is 10.1 Å². The van der Waals surface area contributed by atoms with E-state index in [-0.39, 0.29) is 12.6 Å². The Kier molecular flexibility index (Phi) is 14.7. The molecule has 7 heteroatoms. The number of hydrogen-bond donors (Lipinski definition) is 3. The Balaban J connectivity index is 0. The van der Waals surface area contributed by atoms with E-state index in [1.54, 1.807) is 0 Å². The van der Waals surface area contributed by atoms with Gasteiger partial charge in [-0.1, -0.05) is 71.1 Å². The first-order valence-corrected chi connectivity index (χ1v) is 10.3. The molecule has 0 amide bonds. The van der Waals surface area contributed by atoms with Gasteiger partial charge in [-0.05, 0) is 13.3 Å². The summed E-state index contributed by atoms with van der Waals surface area (Å²) >= 11 is 0. The first kappa shape index (κ1) is 25.7. The van der Waals surface area contributed by atoms with E-state index in [1.807, 2.05) is 0 Å². The van der Waals surface area contributed by atoms with E-state index in [9.17, 15) is 13.2 Å². The Morgan fingerprint density at radius 3 is 1.58 bits per heavy atom. The number of hydrogen-bond acceptors (Lipinski definition) is 5. The van der Waals surface area contributed by atoms with Crippen LogP contribution < -0.4 is 6.15 Å². The Labute approximate surface area is 147 Å². The lowest BCUT2D eigenvalue weighted by molar-refractivity contribution is -0.122. The summed E-state index contributed by atoms with van der Waals surface area (Å²) in [6, 6.07) is 0. The second kappa shape index (κ2) is 13.8. The number of carbonyl (C=O) groups is 1. The summed E-state index contributed by atoms with van der Waals surface area (Å²) in [5.41, 5.74) is 0. The number of aliphatic hydroxyl groups excluding tert-OH is 1. The lowest BCUT2D eigenvalue weighted by atomic mass is 9.99. The van der Waals surface area contributed by atoms with E-state index in [0.717, 1.165) is 26.2 Å². The number of carbonyl (C=O) groups excluding carboxylic acids is 1. The first-order chi connectivity index (χ1) is 10.8. The highest BCUT2D eigenvalue weighted by Gasteiger charge is 2.44. The molecule has 0 rings (SSSR count). The molecule has 0 aromatic rings. The van der Waals surface area contributed by atoms with Crippen LogP contribution in [-0.4, -0.2) is 35.2 Å². The van der Waals surface area contributed by atoms with Gasteiger partial charge < -0.3 is 11.3 Å². The van der Waals surface area contributed by atoms with Gasteiger partial charge in [0.1, 0.15) is 0 Å². The van der Waals surface area contributed by atoms with Gasteiger partial charge in [0.15, 0.2) is 10.5 Å². The smallest absolute Gasteiger partial charge is 0.279 e. The zero-order valence-corrected chi connectivity index (χ0v) is 16.2. The molecule has 146 valence electrons. The third-order valence-corrected chi connectivity index (χ3v) is 5.96. The number of aliphatic hydroxyl groups is 1. The molecule has 0 aromatic heterocycles. The standard InChI is InChI=1S/C17H34O5S.H3N/c1-3-4-5-6-7-8-9-10-11-12-13-14-16(19)17(2,15-18)23(20,21)22;/h18H,3-15H2,1-2H3,(H,20,21,22);1H3. The van der Waals surface area contributed by atoms with E-state index in [4.69, 9.17) is 9.66 Å². The molecule has 0 saturated carbocycles. The van der Waals surface area contributed by atoms with Crippen LogP contribution in [0.5, 0.6) is 0 Å². The molecule has 24 heavy (non-hydrogen) atoms. The average molecular weight is 368 g/mol. The van der Waals surface area contributed by atoms with Crippen LogP contribution in [0, 0.1) is 0 Å². The second-order valence-electron chi connectivity index (χ2n) is 6.57. The lowest BCUT2D eigenvalue weighted by Gasteiger charge is -2.21. The average Bonchev–Trinajstić information content (AvgIpc) is 2.50. The normalized spacial score (nSPS) is 14.0. The molecular weight excluding hydrogens is 330 g/mol. The zero-order chi connectivity index (χ0) is 17.8. The predicted octanol–water partition coefficient (Wildman–Crippen LogP) is 4.06. The van der Waals surface area contributed by atoms with E-state index >= 15 is 0 Å². The van der Waals surface area contributed by atoms with Crippen LogP contribution in [0.2, 0.25) is 0 Å². The number of Topliss-reactive ketones (excluding diaryl/α,β-unsaturated/α-hetero) is 1. The number of rotatable bonds is 15. The minimum Gasteiger partial charge on any atom is -0.394 e. The van der Waals surface area contributed by atoms with Crippen molar-refractivity contribution in [1.29, 1.82) is 0 Å². The van der Waals surface area contributed by atoms with Crippen LogP contribution in [0.1, 0.15) is 90.9 Å². The van der Waals surface area contributed by atoms with Gasteiger partial charge >= 0.3 is 0 Å². The Morgan fingerprint density at radius 1 is 0.875 bits per heavy atom. The highest BCUT2D eigenvalue weighted by molar-refractivity contribution is 7.88. The summed E-state index contributed by atoms with van der Waals surface area (Å²) in [4.78, 5) is 11.9. The van der Waals surface area contributed by atoms with Crippen LogP contribution in [-0.2, 0) is 14.9 Å². The summed E-state index contributed by atoms with van der Waals surface area (Å²) in [5, 5.41) is 9.11. The van der Waals surface area contributed by atoms with E-state index in [2.05, 4.69) is 6.92 Å². The molecule has 0 aliphatic heterocycles. The van der Waals surface area contributed by atoms with Crippen molar-refractivity contribution in [1.82, 2.24) is 6.15 Å². The molecule has 1 atom stereocenters. The molecule has 0 aromatic carbocycles. The monoisotopic (exact) mass is 367 g/mol. The molecule has 5 N–H and O–H groups in total. The Bertz CT molecular complexity index is 425. The fourth-order valence-corrected chi connectivity index (χ4v) is 3.08. The van der Waals surface area contributed by atoms with Crippen LogP contribution in [0.15, 0.2) is 0 Å². The topological polar surface area (TPSA) is 127 Å². The number of unbranched alkanes of at least 4 members (excludes halogenated alkanes) is 10. The molecule has 0 bridgehead atoms. The summed E-state index contributed by atoms with van der Waals surface area (Å²) < 4.78 is 29.4. The minimum absolute atomic E-state index is 0. The molecule has 0 aliphatic rings. The van der Waals surface area contributed by atoms with Crippen molar-refractivity contribution in [2.24, 2.45) is 0 Å². The van der Waals surface area contributed by atoms with Crippen LogP contribution in [0.4, 0.5) is 0 Å². The third kappa shape index (κ3) is 9.71. The van der Waals surface area contributed by atoms with Gasteiger partial charge in [-0.15, -0.1) is 0 Å². The SMILES string of the molecule is CCCCCCCCCCCCCC(=O)C(C)(CO)S(=O)(=O)O.N. The van der Waals surface area contributed by atoms with Gasteiger partial charge in [-0.3, -0.25) is 9.35 Å². The van der Waals surface area contributed by atoms with Crippen molar-refractivity contribution in [3.05, 3.63) is 0 Å². The van der Waals surface area contributed by atoms with Crippen LogP contribution in [0.3, 0.4) is 0 Å². The maximum atomic E-state index is 11.9. The summed E-state index contributed by atoms with van der Waals surface area (Å²) in [6.45, 7) is 2.40. The van der Waals surface area contributed by atoms with Gasteiger partial charge in [-0.25, -0.2) is 0 Å². The van der Waals surface area contributed by atoms with Crippen molar-refractivity contribution >= 4 is 15.9 Å². The fourth-order valence-electron chi connectivity index (χ4n) is 2.53. The molecule has 6 nitrogen and oxygen atoms in total. The highest BCUT2D eigenvalue weighted by Crippen LogP contribution is 2.20. The van der Waals surface area contributed by atoms with E-state index < -0.39 is 27.3 Å².